The summed E-state index contributed by atoms with van der Waals surface area (Å²) in [4.78, 5) is 13.2. The molecule has 0 radical (unpaired) electrons. The molecule has 1 unspecified atom stereocenters. The topological polar surface area (TPSA) is 58.4 Å². The first-order valence-electron chi connectivity index (χ1n) is 7.16. The fourth-order valence-electron chi connectivity index (χ4n) is 2.77. The van der Waals surface area contributed by atoms with Gasteiger partial charge in [0.25, 0.3) is 0 Å². The second kappa shape index (κ2) is 6.70. The molecule has 1 aliphatic heterocycles. The maximum absolute atomic E-state index is 10.9. The molecule has 5 nitrogen and oxygen atoms in total. The van der Waals surface area contributed by atoms with Gasteiger partial charge in [0.1, 0.15) is 0 Å². The average Bonchev–Trinajstić information content (AvgIpc) is 2.79. The lowest BCUT2D eigenvalue weighted by molar-refractivity contribution is -0.138. The third kappa shape index (κ3) is 4.06. The molecular formula is C14H23N3O2. The summed E-state index contributed by atoms with van der Waals surface area (Å²) in [5.74, 6) is -0.696. The quantitative estimate of drug-likeness (QED) is 0.856. The lowest BCUT2D eigenvalue weighted by atomic mass is 9.99. The van der Waals surface area contributed by atoms with Crippen LogP contribution in [0, 0.1) is 0 Å². The molecule has 2 heterocycles. The normalized spacial score (nSPS) is 20.6. The number of rotatable bonds is 6. The van der Waals surface area contributed by atoms with Crippen LogP contribution < -0.4 is 0 Å². The van der Waals surface area contributed by atoms with Crippen LogP contribution in [0.25, 0.3) is 0 Å². The summed E-state index contributed by atoms with van der Waals surface area (Å²) in [5, 5.41) is 13.3. The number of carboxylic acids is 1. The van der Waals surface area contributed by atoms with Crippen molar-refractivity contribution in [2.24, 2.45) is 0 Å². The Hall–Kier alpha value is -1.36. The highest BCUT2D eigenvalue weighted by molar-refractivity contribution is 5.67. The van der Waals surface area contributed by atoms with E-state index in [1.807, 2.05) is 10.9 Å². The zero-order chi connectivity index (χ0) is 13.7. The zero-order valence-corrected chi connectivity index (χ0v) is 11.6. The zero-order valence-electron chi connectivity index (χ0n) is 11.6. The highest BCUT2D eigenvalue weighted by atomic mass is 16.4. The number of aliphatic carboxylic acids is 1. The van der Waals surface area contributed by atoms with Crippen LogP contribution in [0.3, 0.4) is 0 Å². The smallest absolute Gasteiger partial charge is 0.304 e. The van der Waals surface area contributed by atoms with E-state index in [9.17, 15) is 4.79 Å². The van der Waals surface area contributed by atoms with Gasteiger partial charge in [-0.15, -0.1) is 0 Å². The minimum Gasteiger partial charge on any atom is -0.481 e. The second-order valence-electron chi connectivity index (χ2n) is 5.33. The first-order valence-corrected chi connectivity index (χ1v) is 7.16. The molecule has 19 heavy (non-hydrogen) atoms. The van der Waals surface area contributed by atoms with E-state index < -0.39 is 5.97 Å². The Labute approximate surface area is 114 Å². The van der Waals surface area contributed by atoms with Gasteiger partial charge in [0.05, 0.1) is 12.6 Å². The summed E-state index contributed by atoms with van der Waals surface area (Å²) in [6, 6.07) is 0.181. The van der Waals surface area contributed by atoms with E-state index in [2.05, 4.69) is 23.1 Å². The molecule has 0 saturated carbocycles. The first kappa shape index (κ1) is 14.1. The molecule has 2 rings (SSSR count). The van der Waals surface area contributed by atoms with Crippen LogP contribution in [-0.4, -0.2) is 38.3 Å². The van der Waals surface area contributed by atoms with Gasteiger partial charge < -0.3 is 5.11 Å². The van der Waals surface area contributed by atoms with Crippen molar-refractivity contribution >= 4 is 5.97 Å². The summed E-state index contributed by atoms with van der Waals surface area (Å²) >= 11 is 0. The molecule has 0 spiro atoms. The molecule has 5 heteroatoms. The van der Waals surface area contributed by atoms with Crippen molar-refractivity contribution in [1.82, 2.24) is 14.7 Å². The van der Waals surface area contributed by atoms with Gasteiger partial charge >= 0.3 is 5.97 Å². The number of piperidine rings is 1. The number of aryl methyl sites for hydroxylation is 1. The molecule has 0 aromatic carbocycles. The molecule has 1 aromatic heterocycles. The fourth-order valence-corrected chi connectivity index (χ4v) is 2.77. The van der Waals surface area contributed by atoms with Gasteiger partial charge in [-0.25, -0.2) is 0 Å². The number of hydrogen-bond acceptors (Lipinski definition) is 3. The predicted molar refractivity (Wildman–Crippen MR) is 72.8 cm³/mol. The van der Waals surface area contributed by atoms with Gasteiger partial charge in [-0.2, -0.15) is 5.10 Å². The van der Waals surface area contributed by atoms with E-state index in [-0.39, 0.29) is 12.5 Å². The lowest BCUT2D eigenvalue weighted by Gasteiger charge is -2.34. The third-order valence-electron chi connectivity index (χ3n) is 3.68. The average molecular weight is 265 g/mol. The van der Waals surface area contributed by atoms with Crippen molar-refractivity contribution in [3.8, 4) is 0 Å². The van der Waals surface area contributed by atoms with Gasteiger partial charge in [-0.3, -0.25) is 14.4 Å². The fraction of sp³-hybridized carbons (Fsp3) is 0.714. The van der Waals surface area contributed by atoms with Crippen LogP contribution >= 0.6 is 0 Å². The molecule has 1 atom stereocenters. The number of nitrogens with zero attached hydrogens (tertiary/aromatic N) is 3. The van der Waals surface area contributed by atoms with Gasteiger partial charge in [0, 0.05) is 30.9 Å². The molecule has 0 aliphatic carbocycles. The van der Waals surface area contributed by atoms with Gasteiger partial charge in [0.2, 0.25) is 0 Å². The highest BCUT2D eigenvalue weighted by Crippen LogP contribution is 2.21. The Morgan fingerprint density at radius 1 is 1.53 bits per heavy atom. The molecule has 1 aromatic rings. The largest absolute Gasteiger partial charge is 0.481 e. The number of carbonyl (C=O) groups is 1. The standard InChI is InChI=1S/C14H23N3O2/c1-2-6-17-11-12(9-15-17)10-16-7-4-3-5-13(16)8-14(18)19/h9,11,13H,2-8,10H2,1H3,(H,18,19). The highest BCUT2D eigenvalue weighted by Gasteiger charge is 2.24. The molecule has 1 saturated heterocycles. The predicted octanol–water partition coefficient (Wildman–Crippen LogP) is 2.12. The Balaban J connectivity index is 1.95. The minimum absolute atomic E-state index is 0.181. The molecule has 1 aliphatic rings. The maximum atomic E-state index is 10.9. The van der Waals surface area contributed by atoms with Crippen LogP contribution in [-0.2, 0) is 17.9 Å². The van der Waals surface area contributed by atoms with E-state index in [4.69, 9.17) is 5.11 Å². The number of aromatic nitrogens is 2. The number of hydrogen-bond donors (Lipinski definition) is 1. The molecule has 106 valence electrons. The summed E-state index contributed by atoms with van der Waals surface area (Å²) < 4.78 is 1.96. The van der Waals surface area contributed by atoms with E-state index in [0.29, 0.717) is 0 Å². The summed E-state index contributed by atoms with van der Waals surface area (Å²) in [6.45, 7) is 4.89. The summed E-state index contributed by atoms with van der Waals surface area (Å²) in [6.07, 6.45) is 8.62. The van der Waals surface area contributed by atoms with Gasteiger partial charge in [0.15, 0.2) is 0 Å². The second-order valence-corrected chi connectivity index (χ2v) is 5.33. The van der Waals surface area contributed by atoms with Gasteiger partial charge in [-0.05, 0) is 25.8 Å². The van der Waals surface area contributed by atoms with Crippen molar-refractivity contribution in [2.45, 2.75) is 58.2 Å². The van der Waals surface area contributed by atoms with Crippen LogP contribution in [0.5, 0.6) is 0 Å². The third-order valence-corrected chi connectivity index (χ3v) is 3.68. The molecule has 1 N–H and O–H groups in total. The maximum Gasteiger partial charge on any atom is 0.304 e. The number of likely N-dealkylation sites (tertiary alicyclic amines) is 1. The molecule has 1 fully saturated rings. The van der Waals surface area contributed by atoms with Crippen molar-refractivity contribution in [3.63, 3.8) is 0 Å². The van der Waals surface area contributed by atoms with E-state index in [1.165, 1.54) is 12.0 Å². The van der Waals surface area contributed by atoms with Gasteiger partial charge in [-0.1, -0.05) is 13.3 Å². The summed E-state index contributed by atoms with van der Waals surface area (Å²) in [7, 11) is 0. The van der Waals surface area contributed by atoms with Crippen molar-refractivity contribution in [1.29, 1.82) is 0 Å². The van der Waals surface area contributed by atoms with Crippen LogP contribution in [0.2, 0.25) is 0 Å². The van der Waals surface area contributed by atoms with E-state index in [1.54, 1.807) is 0 Å². The van der Waals surface area contributed by atoms with Crippen LogP contribution in [0.15, 0.2) is 12.4 Å². The molecule has 0 bridgehead atoms. The SMILES string of the molecule is CCCn1cc(CN2CCCCC2CC(=O)O)cn1. The Morgan fingerprint density at radius 3 is 3.11 bits per heavy atom. The Kier molecular flexibility index (Phi) is 4.96. The van der Waals surface area contributed by atoms with Crippen LogP contribution in [0.4, 0.5) is 0 Å². The molecular weight excluding hydrogens is 242 g/mol. The summed E-state index contributed by atoms with van der Waals surface area (Å²) in [5.41, 5.74) is 1.19. The minimum atomic E-state index is -0.696. The first-order chi connectivity index (χ1) is 9.19. The lowest BCUT2D eigenvalue weighted by Crippen LogP contribution is -2.40. The van der Waals surface area contributed by atoms with E-state index in [0.717, 1.165) is 38.9 Å². The van der Waals surface area contributed by atoms with Crippen molar-refractivity contribution < 1.29 is 9.90 Å². The number of carboxylic acid groups (broad SMARTS) is 1. The Bertz CT molecular complexity index is 417. The monoisotopic (exact) mass is 265 g/mol. The van der Waals surface area contributed by atoms with Crippen LogP contribution in [0.1, 0.15) is 44.6 Å². The van der Waals surface area contributed by atoms with E-state index >= 15 is 0 Å². The molecule has 0 amide bonds. The van der Waals surface area contributed by atoms with Crippen molar-refractivity contribution in [2.75, 3.05) is 6.54 Å². The Morgan fingerprint density at radius 2 is 2.37 bits per heavy atom. The van der Waals surface area contributed by atoms with Crippen molar-refractivity contribution in [3.05, 3.63) is 18.0 Å².